The van der Waals surface area contributed by atoms with Gasteiger partial charge in [-0.25, -0.2) is 4.79 Å². The quantitative estimate of drug-likeness (QED) is 0.338. The lowest BCUT2D eigenvalue weighted by molar-refractivity contribution is 0.0504. The molecule has 0 spiro atoms. The van der Waals surface area contributed by atoms with E-state index in [0.29, 0.717) is 12.2 Å². The largest absolute Gasteiger partial charge is 0.462 e. The summed E-state index contributed by atoms with van der Waals surface area (Å²) in [5.41, 5.74) is 0.618. The van der Waals surface area contributed by atoms with Crippen LogP contribution in [0.3, 0.4) is 0 Å². The molecule has 0 saturated carbocycles. The SMILES string of the molecule is O=C(OCCC[Si])c1ccc(Br)cc1I. The lowest BCUT2D eigenvalue weighted by Crippen LogP contribution is -2.08. The number of benzene rings is 1. The van der Waals surface area contributed by atoms with E-state index in [0.717, 1.165) is 20.5 Å². The number of hydrogen-bond acceptors (Lipinski definition) is 2. The fourth-order valence-electron chi connectivity index (χ4n) is 0.970. The molecular weight excluding hydrogens is 387 g/mol. The third kappa shape index (κ3) is 4.24. The van der Waals surface area contributed by atoms with E-state index in [9.17, 15) is 4.79 Å². The van der Waals surface area contributed by atoms with E-state index < -0.39 is 0 Å². The highest BCUT2D eigenvalue weighted by atomic mass is 127. The Morgan fingerprint density at radius 2 is 2.27 bits per heavy atom. The van der Waals surface area contributed by atoms with Crippen molar-refractivity contribution in [3.05, 3.63) is 31.8 Å². The Morgan fingerprint density at radius 1 is 1.53 bits per heavy atom. The van der Waals surface area contributed by atoms with Gasteiger partial charge in [-0.2, -0.15) is 0 Å². The fraction of sp³-hybridized carbons (Fsp3) is 0.300. The monoisotopic (exact) mass is 395 g/mol. The molecule has 0 aliphatic carbocycles. The molecule has 0 fully saturated rings. The average molecular weight is 396 g/mol. The van der Waals surface area contributed by atoms with Crippen LogP contribution in [0.25, 0.3) is 0 Å². The van der Waals surface area contributed by atoms with Gasteiger partial charge in [0.05, 0.1) is 12.2 Å². The lowest BCUT2D eigenvalue weighted by atomic mass is 10.2. The maximum absolute atomic E-state index is 11.6. The van der Waals surface area contributed by atoms with Crippen molar-refractivity contribution in [3.8, 4) is 0 Å². The minimum Gasteiger partial charge on any atom is -0.462 e. The molecule has 0 aliphatic rings. The zero-order valence-electron chi connectivity index (χ0n) is 7.93. The molecule has 0 heterocycles. The van der Waals surface area contributed by atoms with Crippen LogP contribution in [0.2, 0.25) is 6.04 Å². The van der Waals surface area contributed by atoms with Crippen molar-refractivity contribution < 1.29 is 9.53 Å². The maximum atomic E-state index is 11.6. The standard InChI is InChI=1S/C10H9BrIO2Si/c11-7-2-3-8(9(12)6-7)10(13)14-4-1-5-15/h2-3,6H,1,4-5H2. The van der Waals surface area contributed by atoms with Crippen molar-refractivity contribution in [2.75, 3.05) is 6.61 Å². The van der Waals surface area contributed by atoms with E-state index in [4.69, 9.17) is 4.74 Å². The Hall–Kier alpha value is 0.117. The molecule has 0 atom stereocenters. The summed E-state index contributed by atoms with van der Waals surface area (Å²) < 4.78 is 6.95. The number of rotatable bonds is 4. The van der Waals surface area contributed by atoms with E-state index in [2.05, 4.69) is 48.8 Å². The number of carbonyl (C=O) groups excluding carboxylic acids is 1. The third-order valence-electron chi connectivity index (χ3n) is 1.71. The van der Waals surface area contributed by atoms with Crippen LogP contribution in [0, 0.1) is 3.57 Å². The average Bonchev–Trinajstić information content (AvgIpc) is 2.17. The topological polar surface area (TPSA) is 26.3 Å². The van der Waals surface area contributed by atoms with Crippen molar-refractivity contribution in [2.45, 2.75) is 12.5 Å². The normalized spacial score (nSPS) is 10.1. The van der Waals surface area contributed by atoms with Gasteiger partial charge in [-0.15, -0.1) is 0 Å². The molecule has 0 bridgehead atoms. The molecule has 5 heteroatoms. The zero-order chi connectivity index (χ0) is 11.3. The minimum atomic E-state index is -0.257. The van der Waals surface area contributed by atoms with Crippen LogP contribution in [0.1, 0.15) is 16.8 Å². The number of hydrogen-bond donors (Lipinski definition) is 0. The summed E-state index contributed by atoms with van der Waals surface area (Å²) in [5, 5.41) is 0. The first-order chi connectivity index (χ1) is 7.15. The maximum Gasteiger partial charge on any atom is 0.339 e. The Balaban J connectivity index is 2.65. The second-order valence-corrected chi connectivity index (χ2v) is 5.44. The van der Waals surface area contributed by atoms with Gasteiger partial charge in [-0.3, -0.25) is 0 Å². The molecule has 2 nitrogen and oxygen atoms in total. The van der Waals surface area contributed by atoms with Crippen LogP contribution in [0.15, 0.2) is 22.7 Å². The summed E-state index contributed by atoms with van der Waals surface area (Å²) in [5.74, 6) is -0.257. The highest BCUT2D eigenvalue weighted by Gasteiger charge is 2.10. The van der Waals surface area contributed by atoms with Gasteiger partial charge in [0.2, 0.25) is 0 Å². The lowest BCUT2D eigenvalue weighted by Gasteiger charge is -2.05. The number of carbonyl (C=O) groups is 1. The number of esters is 1. The van der Waals surface area contributed by atoms with Gasteiger partial charge < -0.3 is 4.74 Å². The second-order valence-electron chi connectivity index (χ2n) is 2.86. The third-order valence-corrected chi connectivity index (χ3v) is 3.44. The zero-order valence-corrected chi connectivity index (χ0v) is 12.7. The molecule has 1 aromatic carbocycles. The highest BCUT2D eigenvalue weighted by Crippen LogP contribution is 2.19. The van der Waals surface area contributed by atoms with Gasteiger partial charge >= 0.3 is 5.97 Å². The molecule has 0 aromatic heterocycles. The summed E-state index contributed by atoms with van der Waals surface area (Å²) in [6.45, 7) is 0.453. The van der Waals surface area contributed by atoms with Crippen LogP contribution in [0.5, 0.6) is 0 Å². The molecular formula is C10H9BrIO2Si. The summed E-state index contributed by atoms with van der Waals surface area (Å²) in [6.07, 6.45) is 0.829. The van der Waals surface area contributed by atoms with E-state index >= 15 is 0 Å². The summed E-state index contributed by atoms with van der Waals surface area (Å²) in [6, 6.07) is 6.33. The fourth-order valence-corrected chi connectivity index (χ4v) is 2.64. The van der Waals surface area contributed by atoms with Crippen LogP contribution in [-0.4, -0.2) is 22.8 Å². The van der Waals surface area contributed by atoms with Crippen LogP contribution < -0.4 is 0 Å². The Kier molecular flexibility index (Phi) is 5.84. The van der Waals surface area contributed by atoms with Crippen LogP contribution >= 0.6 is 38.5 Å². The number of ether oxygens (including phenoxy) is 1. The molecule has 79 valence electrons. The van der Waals surface area contributed by atoms with Crippen LogP contribution in [0.4, 0.5) is 0 Å². The van der Waals surface area contributed by atoms with Gasteiger partial charge in [-0.1, -0.05) is 22.0 Å². The van der Waals surface area contributed by atoms with E-state index in [1.54, 1.807) is 6.07 Å². The van der Waals surface area contributed by atoms with Crippen molar-refractivity contribution in [2.24, 2.45) is 0 Å². The number of halogens is 2. The molecule has 3 radical (unpaired) electrons. The minimum absolute atomic E-state index is 0.257. The predicted molar refractivity (Wildman–Crippen MR) is 72.3 cm³/mol. The van der Waals surface area contributed by atoms with Gasteiger partial charge in [-0.05, 0) is 47.2 Å². The predicted octanol–water partition coefficient (Wildman–Crippen LogP) is 3.19. The second kappa shape index (κ2) is 6.65. The molecule has 0 N–H and O–H groups in total. The van der Waals surface area contributed by atoms with Crippen molar-refractivity contribution in [3.63, 3.8) is 0 Å². The molecule has 1 aromatic rings. The van der Waals surface area contributed by atoms with E-state index in [1.807, 2.05) is 12.1 Å². The van der Waals surface area contributed by atoms with E-state index in [-0.39, 0.29) is 5.97 Å². The first-order valence-electron chi connectivity index (χ1n) is 4.42. The molecule has 0 aliphatic heterocycles. The highest BCUT2D eigenvalue weighted by molar-refractivity contribution is 14.1. The molecule has 0 unspecified atom stereocenters. The smallest absolute Gasteiger partial charge is 0.339 e. The van der Waals surface area contributed by atoms with Gasteiger partial charge in [0.25, 0.3) is 0 Å². The van der Waals surface area contributed by atoms with Crippen molar-refractivity contribution in [1.82, 2.24) is 0 Å². The van der Waals surface area contributed by atoms with Gasteiger partial charge in [0, 0.05) is 18.3 Å². The van der Waals surface area contributed by atoms with E-state index in [1.165, 1.54) is 0 Å². The molecule has 1 rings (SSSR count). The molecule has 0 amide bonds. The van der Waals surface area contributed by atoms with Crippen molar-refractivity contribution in [1.29, 1.82) is 0 Å². The first kappa shape index (κ1) is 13.2. The summed E-state index contributed by atoms with van der Waals surface area (Å²) in [4.78, 5) is 11.6. The Bertz CT molecular complexity index is 357. The van der Waals surface area contributed by atoms with Gasteiger partial charge in [0.15, 0.2) is 0 Å². The summed E-state index contributed by atoms with van der Waals surface area (Å²) >= 11 is 5.47. The van der Waals surface area contributed by atoms with Crippen LogP contribution in [-0.2, 0) is 4.74 Å². The van der Waals surface area contributed by atoms with Crippen molar-refractivity contribution >= 4 is 54.7 Å². The summed E-state index contributed by atoms with van der Waals surface area (Å²) in [7, 11) is 3.33. The molecule has 15 heavy (non-hydrogen) atoms. The van der Waals surface area contributed by atoms with Gasteiger partial charge in [0.1, 0.15) is 0 Å². The Morgan fingerprint density at radius 3 is 2.87 bits per heavy atom. The first-order valence-corrected chi connectivity index (χ1v) is 7.00. The Labute approximate surface area is 114 Å². The molecule has 0 saturated heterocycles.